The van der Waals surface area contributed by atoms with Crippen molar-refractivity contribution in [3.05, 3.63) is 52.0 Å². The third-order valence-corrected chi connectivity index (χ3v) is 4.25. The van der Waals surface area contributed by atoms with Gasteiger partial charge in [-0.3, -0.25) is 0 Å². The number of halogens is 2. The van der Waals surface area contributed by atoms with Crippen molar-refractivity contribution in [1.82, 2.24) is 0 Å². The molecule has 2 aromatic carbocycles. The highest BCUT2D eigenvalue weighted by Crippen LogP contribution is 2.36. The van der Waals surface area contributed by atoms with E-state index in [0.29, 0.717) is 5.02 Å². The van der Waals surface area contributed by atoms with E-state index >= 15 is 0 Å². The molecule has 0 aromatic heterocycles. The average Bonchev–Trinajstić information content (AvgIpc) is 2.38. The van der Waals surface area contributed by atoms with Crippen molar-refractivity contribution in [2.75, 3.05) is 11.4 Å². The Bertz CT molecular complexity index is 545. The van der Waals surface area contributed by atoms with Gasteiger partial charge in [0.2, 0.25) is 0 Å². The van der Waals surface area contributed by atoms with Crippen LogP contribution in [-0.4, -0.2) is 6.54 Å². The molecule has 0 N–H and O–H groups in total. The zero-order chi connectivity index (χ0) is 13.1. The van der Waals surface area contributed by atoms with Gasteiger partial charge in [-0.05, 0) is 47.1 Å². The van der Waals surface area contributed by atoms with Gasteiger partial charge in [0.25, 0.3) is 0 Å². The smallest absolute Gasteiger partial charge is 0.0569 e. The number of hydrogen-bond acceptors (Lipinski definition) is 2. The normalized spacial score (nSPS) is 10.4. The van der Waals surface area contributed by atoms with Crippen LogP contribution in [0.4, 0.5) is 11.4 Å². The number of hydrogen-bond donors (Lipinski definition) is 1. The molecule has 0 fully saturated rings. The summed E-state index contributed by atoms with van der Waals surface area (Å²) in [5.41, 5.74) is 2.15. The zero-order valence-electron chi connectivity index (χ0n) is 9.90. The zero-order valence-corrected chi connectivity index (χ0v) is 13.1. The molecule has 0 bridgehead atoms. The van der Waals surface area contributed by atoms with Crippen LogP contribution >= 0.6 is 40.2 Å². The van der Waals surface area contributed by atoms with Crippen LogP contribution in [0.2, 0.25) is 5.02 Å². The highest BCUT2D eigenvalue weighted by atomic mass is 79.9. The Labute approximate surface area is 126 Å². The molecular formula is C14H13BrClNS. The second kappa shape index (κ2) is 6.00. The molecule has 0 saturated heterocycles. The Morgan fingerprint density at radius 1 is 1.22 bits per heavy atom. The molecule has 0 spiro atoms. The van der Waals surface area contributed by atoms with Crippen molar-refractivity contribution in [3.8, 4) is 0 Å². The lowest BCUT2D eigenvalue weighted by molar-refractivity contribution is 1.01. The van der Waals surface area contributed by atoms with E-state index in [-0.39, 0.29) is 0 Å². The second-order valence-electron chi connectivity index (χ2n) is 3.83. The van der Waals surface area contributed by atoms with E-state index in [4.69, 9.17) is 11.6 Å². The molecule has 4 heteroatoms. The van der Waals surface area contributed by atoms with Crippen LogP contribution in [0.5, 0.6) is 0 Å². The predicted molar refractivity (Wildman–Crippen MR) is 85.5 cm³/mol. The molecule has 0 aliphatic heterocycles. The lowest BCUT2D eigenvalue weighted by Gasteiger charge is -2.25. The number of benzene rings is 2. The van der Waals surface area contributed by atoms with Gasteiger partial charge in [0.05, 0.1) is 10.7 Å². The predicted octanol–water partition coefficient (Wildman–Crippen LogP) is 5.55. The monoisotopic (exact) mass is 341 g/mol. The summed E-state index contributed by atoms with van der Waals surface area (Å²) >= 11 is 14.1. The van der Waals surface area contributed by atoms with Crippen molar-refractivity contribution < 1.29 is 0 Å². The van der Waals surface area contributed by atoms with Crippen molar-refractivity contribution in [3.63, 3.8) is 0 Å². The van der Waals surface area contributed by atoms with Crippen LogP contribution in [0, 0.1) is 0 Å². The first kappa shape index (κ1) is 13.8. The van der Waals surface area contributed by atoms with E-state index in [1.54, 1.807) is 0 Å². The van der Waals surface area contributed by atoms with Crippen molar-refractivity contribution in [2.45, 2.75) is 11.8 Å². The van der Waals surface area contributed by atoms with Crippen LogP contribution in [0.1, 0.15) is 6.92 Å². The van der Waals surface area contributed by atoms with Crippen LogP contribution in [-0.2, 0) is 0 Å². The Morgan fingerprint density at radius 2 is 1.89 bits per heavy atom. The maximum absolute atomic E-state index is 6.17. The topological polar surface area (TPSA) is 3.24 Å². The molecule has 0 atom stereocenters. The lowest BCUT2D eigenvalue weighted by atomic mass is 10.2. The fraction of sp³-hybridized carbons (Fsp3) is 0.143. The summed E-state index contributed by atoms with van der Waals surface area (Å²) in [6.07, 6.45) is 0. The quantitative estimate of drug-likeness (QED) is 0.716. The van der Waals surface area contributed by atoms with Crippen molar-refractivity contribution in [2.24, 2.45) is 0 Å². The summed E-state index contributed by atoms with van der Waals surface area (Å²) in [7, 11) is 0. The van der Waals surface area contributed by atoms with Gasteiger partial charge in [-0.15, -0.1) is 12.6 Å². The van der Waals surface area contributed by atoms with Crippen molar-refractivity contribution >= 4 is 51.5 Å². The second-order valence-corrected chi connectivity index (χ2v) is 5.58. The Kier molecular flexibility index (Phi) is 4.60. The van der Waals surface area contributed by atoms with E-state index in [9.17, 15) is 0 Å². The van der Waals surface area contributed by atoms with Gasteiger partial charge in [0.15, 0.2) is 0 Å². The molecule has 0 aliphatic carbocycles. The molecule has 0 aliphatic rings. The molecule has 94 valence electrons. The molecule has 0 amide bonds. The number of rotatable bonds is 3. The SMILES string of the molecule is CCN(c1ccccc1)c1cc(Cl)c(Br)cc1S. The number of nitrogens with zero attached hydrogens (tertiary/aromatic N) is 1. The Balaban J connectivity index is 2.49. The molecule has 0 saturated carbocycles. The third-order valence-electron chi connectivity index (χ3n) is 2.69. The highest BCUT2D eigenvalue weighted by Gasteiger charge is 2.12. The van der Waals surface area contributed by atoms with E-state index in [0.717, 1.165) is 27.3 Å². The lowest BCUT2D eigenvalue weighted by Crippen LogP contribution is -2.16. The molecule has 0 radical (unpaired) electrons. The summed E-state index contributed by atoms with van der Waals surface area (Å²) in [5, 5.41) is 0.692. The summed E-state index contributed by atoms with van der Waals surface area (Å²) in [6.45, 7) is 2.96. The number of anilines is 2. The van der Waals surface area contributed by atoms with Gasteiger partial charge in [-0.1, -0.05) is 29.8 Å². The first-order chi connectivity index (χ1) is 8.63. The summed E-state index contributed by atoms with van der Waals surface area (Å²) in [5.74, 6) is 0. The van der Waals surface area contributed by atoms with Gasteiger partial charge in [0.1, 0.15) is 0 Å². The van der Waals surface area contributed by atoms with Gasteiger partial charge in [-0.25, -0.2) is 0 Å². The van der Waals surface area contributed by atoms with E-state index in [1.165, 1.54) is 0 Å². The molecule has 0 heterocycles. The first-order valence-electron chi connectivity index (χ1n) is 5.64. The maximum atomic E-state index is 6.17. The minimum absolute atomic E-state index is 0.692. The van der Waals surface area contributed by atoms with Crippen molar-refractivity contribution in [1.29, 1.82) is 0 Å². The minimum Gasteiger partial charge on any atom is -0.341 e. The average molecular weight is 343 g/mol. The van der Waals surface area contributed by atoms with Crippen LogP contribution in [0.3, 0.4) is 0 Å². The first-order valence-corrected chi connectivity index (χ1v) is 7.26. The summed E-state index contributed by atoms with van der Waals surface area (Å²) in [4.78, 5) is 3.08. The van der Waals surface area contributed by atoms with Crippen LogP contribution in [0.15, 0.2) is 51.8 Å². The van der Waals surface area contributed by atoms with E-state index < -0.39 is 0 Å². The fourth-order valence-electron chi connectivity index (χ4n) is 1.84. The van der Waals surface area contributed by atoms with Crippen LogP contribution in [0.25, 0.3) is 0 Å². The maximum Gasteiger partial charge on any atom is 0.0569 e. The van der Waals surface area contributed by atoms with E-state index in [1.807, 2.05) is 30.3 Å². The highest BCUT2D eigenvalue weighted by molar-refractivity contribution is 9.10. The van der Waals surface area contributed by atoms with Gasteiger partial charge >= 0.3 is 0 Å². The molecular weight excluding hydrogens is 330 g/mol. The van der Waals surface area contributed by atoms with Gasteiger partial charge < -0.3 is 4.90 Å². The summed E-state index contributed by atoms with van der Waals surface area (Å²) in [6, 6.07) is 14.1. The third kappa shape index (κ3) is 2.85. The number of thiol groups is 1. The Hall–Kier alpha value is -0.640. The molecule has 18 heavy (non-hydrogen) atoms. The standard InChI is InChI=1S/C14H13BrClNS/c1-2-17(10-6-4-3-5-7-10)13-9-12(16)11(15)8-14(13)18/h3-9,18H,2H2,1H3. The minimum atomic E-state index is 0.692. The Morgan fingerprint density at radius 3 is 2.50 bits per heavy atom. The largest absolute Gasteiger partial charge is 0.341 e. The number of para-hydroxylation sites is 1. The molecule has 2 rings (SSSR count). The fourth-order valence-corrected chi connectivity index (χ4v) is 2.83. The van der Waals surface area contributed by atoms with Crippen LogP contribution < -0.4 is 4.90 Å². The van der Waals surface area contributed by atoms with E-state index in [2.05, 4.69) is 52.5 Å². The molecule has 2 aromatic rings. The molecule has 1 nitrogen and oxygen atoms in total. The molecule has 0 unspecified atom stereocenters. The van der Waals surface area contributed by atoms with Gasteiger partial charge in [-0.2, -0.15) is 0 Å². The van der Waals surface area contributed by atoms with Gasteiger partial charge in [0, 0.05) is 21.6 Å². The summed E-state index contributed by atoms with van der Waals surface area (Å²) < 4.78 is 0.863.